The molecule has 2 rings (SSSR count). The van der Waals surface area contributed by atoms with Gasteiger partial charge in [-0.15, -0.1) is 0 Å². The Morgan fingerprint density at radius 2 is 1.94 bits per heavy atom. The Hall–Kier alpha value is -0.193. The zero-order valence-electron chi connectivity index (χ0n) is 10.9. The number of fused-ring (bicyclic) bond motifs is 2. The van der Waals surface area contributed by atoms with Gasteiger partial charge >= 0.3 is 0 Å². The minimum absolute atomic E-state index is 0.0339. The highest BCUT2D eigenvalue weighted by Crippen LogP contribution is 2.41. The summed E-state index contributed by atoms with van der Waals surface area (Å²) in [4.78, 5) is 11.9. The lowest BCUT2D eigenvalue weighted by Gasteiger charge is -2.39. The highest BCUT2D eigenvalue weighted by atomic mass is 28.4. The SMILES string of the molecule is CC(C)(C)[Si](C)(C)O[C@H]1C(=O)[C@H]2CC[C@@H]1O2. The summed E-state index contributed by atoms with van der Waals surface area (Å²) in [6.45, 7) is 11.0. The molecule has 0 N–H and O–H groups in total. The van der Waals surface area contributed by atoms with Crippen LogP contribution in [0.2, 0.25) is 18.1 Å². The fourth-order valence-corrected chi connectivity index (χ4v) is 3.35. The molecule has 2 aliphatic heterocycles. The highest BCUT2D eigenvalue weighted by molar-refractivity contribution is 6.74. The van der Waals surface area contributed by atoms with Gasteiger partial charge in [0.15, 0.2) is 14.1 Å². The summed E-state index contributed by atoms with van der Waals surface area (Å²) in [5.74, 6) is 0.182. The van der Waals surface area contributed by atoms with Crippen molar-refractivity contribution in [1.29, 1.82) is 0 Å². The molecule has 0 radical (unpaired) electrons. The predicted octanol–water partition coefficient (Wildman–Crippen LogP) is 2.51. The molecule has 3 atom stereocenters. The standard InChI is InChI=1S/C12H22O3Si/c1-12(2,3)16(4,5)15-11-9-7-6-8(14-9)10(11)13/h8-9,11H,6-7H2,1-5H3/t8-,9+,11-/m1/s1. The molecule has 2 fully saturated rings. The van der Waals surface area contributed by atoms with Gasteiger partial charge in [-0.05, 0) is 31.0 Å². The van der Waals surface area contributed by atoms with Gasteiger partial charge in [-0.1, -0.05) is 20.8 Å². The Kier molecular flexibility index (Phi) is 2.80. The number of ether oxygens (including phenoxy) is 1. The molecule has 2 heterocycles. The molecule has 3 nitrogen and oxygen atoms in total. The molecule has 0 saturated carbocycles. The van der Waals surface area contributed by atoms with Gasteiger partial charge in [-0.3, -0.25) is 4.79 Å². The lowest BCUT2D eigenvalue weighted by Crippen LogP contribution is -2.49. The van der Waals surface area contributed by atoms with Crippen LogP contribution in [-0.4, -0.2) is 32.4 Å². The first-order chi connectivity index (χ1) is 7.22. The Bertz CT molecular complexity index is 306. The maximum Gasteiger partial charge on any atom is 0.193 e. The molecule has 92 valence electrons. The molecule has 0 aromatic carbocycles. The van der Waals surface area contributed by atoms with Crippen molar-refractivity contribution in [2.75, 3.05) is 0 Å². The Morgan fingerprint density at radius 1 is 1.31 bits per heavy atom. The lowest BCUT2D eigenvalue weighted by atomic mass is 9.97. The molecule has 0 aromatic rings. The first-order valence-corrected chi connectivity index (χ1v) is 9.00. The fraction of sp³-hybridized carbons (Fsp3) is 0.917. The summed E-state index contributed by atoms with van der Waals surface area (Å²) in [5, 5.41) is 0.148. The zero-order valence-corrected chi connectivity index (χ0v) is 11.9. The lowest BCUT2D eigenvalue weighted by molar-refractivity contribution is -0.127. The van der Waals surface area contributed by atoms with Crippen molar-refractivity contribution in [3.05, 3.63) is 0 Å². The van der Waals surface area contributed by atoms with E-state index in [1.807, 2.05) is 0 Å². The van der Waals surface area contributed by atoms with E-state index in [2.05, 4.69) is 33.9 Å². The summed E-state index contributed by atoms with van der Waals surface area (Å²) >= 11 is 0. The molecule has 0 unspecified atom stereocenters. The average Bonchev–Trinajstić information content (AvgIpc) is 2.67. The topological polar surface area (TPSA) is 35.5 Å². The van der Waals surface area contributed by atoms with Crippen LogP contribution in [0.15, 0.2) is 0 Å². The first-order valence-electron chi connectivity index (χ1n) is 6.09. The summed E-state index contributed by atoms with van der Waals surface area (Å²) in [7, 11) is -1.85. The van der Waals surface area contributed by atoms with Crippen molar-refractivity contribution in [1.82, 2.24) is 0 Å². The van der Waals surface area contributed by atoms with E-state index in [4.69, 9.17) is 9.16 Å². The van der Waals surface area contributed by atoms with E-state index >= 15 is 0 Å². The molecule has 4 heteroatoms. The van der Waals surface area contributed by atoms with E-state index < -0.39 is 8.32 Å². The van der Waals surface area contributed by atoms with Crippen LogP contribution in [0.25, 0.3) is 0 Å². The number of hydrogen-bond donors (Lipinski definition) is 0. The smallest absolute Gasteiger partial charge is 0.193 e. The minimum atomic E-state index is -1.85. The molecule has 2 bridgehead atoms. The summed E-state index contributed by atoms with van der Waals surface area (Å²) < 4.78 is 11.8. The van der Waals surface area contributed by atoms with Gasteiger partial charge in [-0.25, -0.2) is 0 Å². The number of rotatable bonds is 2. The van der Waals surface area contributed by atoms with Crippen molar-refractivity contribution in [2.45, 2.75) is 70.1 Å². The van der Waals surface area contributed by atoms with Gasteiger partial charge in [0.1, 0.15) is 12.2 Å². The number of carbonyl (C=O) groups is 1. The highest BCUT2D eigenvalue weighted by Gasteiger charge is 2.52. The van der Waals surface area contributed by atoms with Gasteiger partial charge in [-0.2, -0.15) is 0 Å². The van der Waals surface area contributed by atoms with E-state index in [1.165, 1.54) is 0 Å². The first kappa shape index (κ1) is 12.3. The molecule has 0 aromatic heterocycles. The summed E-state index contributed by atoms with van der Waals surface area (Å²) in [6.07, 6.45) is 1.46. The maximum atomic E-state index is 11.9. The van der Waals surface area contributed by atoms with E-state index in [0.29, 0.717) is 0 Å². The Morgan fingerprint density at radius 3 is 2.38 bits per heavy atom. The Balaban J connectivity index is 2.08. The molecule has 0 amide bonds. The van der Waals surface area contributed by atoms with Gasteiger partial charge in [0.2, 0.25) is 0 Å². The van der Waals surface area contributed by atoms with Gasteiger partial charge in [0, 0.05) is 0 Å². The van der Waals surface area contributed by atoms with Crippen LogP contribution >= 0.6 is 0 Å². The summed E-state index contributed by atoms with van der Waals surface area (Å²) in [6, 6.07) is 0. The van der Waals surface area contributed by atoms with Crippen molar-refractivity contribution in [2.24, 2.45) is 0 Å². The van der Waals surface area contributed by atoms with Gasteiger partial charge in [0.25, 0.3) is 0 Å². The van der Waals surface area contributed by atoms with Crippen LogP contribution in [0.1, 0.15) is 33.6 Å². The second kappa shape index (κ2) is 3.65. The van der Waals surface area contributed by atoms with Crippen LogP contribution in [0.5, 0.6) is 0 Å². The van der Waals surface area contributed by atoms with Crippen molar-refractivity contribution < 1.29 is 14.0 Å². The molecule has 16 heavy (non-hydrogen) atoms. The van der Waals surface area contributed by atoms with E-state index in [-0.39, 0.29) is 29.1 Å². The average molecular weight is 242 g/mol. The third-order valence-electron chi connectivity index (χ3n) is 4.22. The number of Topliss-reactive ketones (excluding diaryl/α,β-unsaturated/α-hetero) is 1. The van der Waals surface area contributed by atoms with Crippen LogP contribution < -0.4 is 0 Å². The van der Waals surface area contributed by atoms with Crippen molar-refractivity contribution in [3.8, 4) is 0 Å². The summed E-state index contributed by atoms with van der Waals surface area (Å²) in [5.41, 5.74) is 0. The Labute approximate surface area is 98.6 Å². The third kappa shape index (κ3) is 1.87. The van der Waals surface area contributed by atoms with E-state index in [9.17, 15) is 4.79 Å². The molecule has 2 saturated heterocycles. The largest absolute Gasteiger partial charge is 0.404 e. The van der Waals surface area contributed by atoms with E-state index in [0.717, 1.165) is 12.8 Å². The van der Waals surface area contributed by atoms with Crippen molar-refractivity contribution in [3.63, 3.8) is 0 Å². The van der Waals surface area contributed by atoms with Crippen LogP contribution in [0.4, 0.5) is 0 Å². The number of ketones is 1. The molecular formula is C12H22O3Si. The van der Waals surface area contributed by atoms with Crippen LogP contribution in [-0.2, 0) is 14.0 Å². The second-order valence-corrected chi connectivity index (χ2v) is 11.2. The fourth-order valence-electron chi connectivity index (χ4n) is 2.09. The van der Waals surface area contributed by atoms with Crippen LogP contribution in [0.3, 0.4) is 0 Å². The van der Waals surface area contributed by atoms with E-state index in [1.54, 1.807) is 0 Å². The predicted molar refractivity (Wildman–Crippen MR) is 65.0 cm³/mol. The van der Waals surface area contributed by atoms with Crippen LogP contribution in [0, 0.1) is 0 Å². The van der Waals surface area contributed by atoms with Gasteiger partial charge < -0.3 is 9.16 Å². The third-order valence-corrected chi connectivity index (χ3v) is 8.67. The monoisotopic (exact) mass is 242 g/mol. The van der Waals surface area contributed by atoms with Gasteiger partial charge in [0.05, 0.1) is 6.10 Å². The number of hydrogen-bond acceptors (Lipinski definition) is 3. The minimum Gasteiger partial charge on any atom is -0.404 e. The normalized spacial score (nSPS) is 34.8. The molecule has 0 spiro atoms. The second-order valence-electron chi connectivity index (χ2n) is 6.44. The van der Waals surface area contributed by atoms with Crippen molar-refractivity contribution >= 4 is 14.1 Å². The molecular weight excluding hydrogens is 220 g/mol. The quantitative estimate of drug-likeness (QED) is 0.698. The number of carbonyl (C=O) groups excluding carboxylic acids is 1. The zero-order chi connectivity index (χ0) is 12.1. The molecule has 2 aliphatic rings. The maximum absolute atomic E-state index is 11.9. The molecule has 0 aliphatic carbocycles.